The smallest absolute Gasteiger partial charge is 0.234 e. The molecule has 0 unspecified atom stereocenters. The summed E-state index contributed by atoms with van der Waals surface area (Å²) in [6.07, 6.45) is 0. The van der Waals surface area contributed by atoms with E-state index in [2.05, 4.69) is 27.6 Å². The first-order valence-corrected chi connectivity index (χ1v) is 9.51. The number of morpholine rings is 1. The van der Waals surface area contributed by atoms with Gasteiger partial charge in [0, 0.05) is 11.3 Å². The Bertz CT molecular complexity index is 671. The van der Waals surface area contributed by atoms with Gasteiger partial charge in [-0.15, -0.1) is 10.2 Å². The molecule has 0 radical (unpaired) electrons. The molecule has 1 amide bonds. The summed E-state index contributed by atoms with van der Waals surface area (Å²) in [5.41, 5.74) is 7.58. The van der Waals surface area contributed by atoms with Crippen molar-refractivity contribution in [2.75, 3.05) is 43.1 Å². The summed E-state index contributed by atoms with van der Waals surface area (Å²) in [6, 6.07) is 8.02. The van der Waals surface area contributed by atoms with E-state index in [1.54, 1.807) is 0 Å². The van der Waals surface area contributed by atoms with Gasteiger partial charge in [0.25, 0.3) is 0 Å². The fraction of sp³-hybridized carbons (Fsp3) is 0.400. The predicted molar refractivity (Wildman–Crippen MR) is 95.3 cm³/mol. The van der Waals surface area contributed by atoms with E-state index < -0.39 is 0 Å². The molecule has 0 saturated carbocycles. The van der Waals surface area contributed by atoms with Crippen molar-refractivity contribution in [2.45, 2.75) is 10.9 Å². The minimum atomic E-state index is -0.0691. The third-order valence-corrected chi connectivity index (χ3v) is 5.53. The van der Waals surface area contributed by atoms with Crippen LogP contribution in [0.15, 0.2) is 28.6 Å². The number of nitrogen functional groups attached to an aromatic ring is 1. The Balaban J connectivity index is 1.45. The highest BCUT2D eigenvalue weighted by molar-refractivity contribution is 8.01. The number of thioether (sulfide) groups is 1. The highest BCUT2D eigenvalue weighted by Gasteiger charge is 2.14. The van der Waals surface area contributed by atoms with Crippen LogP contribution in [-0.4, -0.2) is 48.2 Å². The average Bonchev–Trinajstić information content (AvgIpc) is 3.01. The van der Waals surface area contributed by atoms with Crippen molar-refractivity contribution in [2.24, 2.45) is 0 Å². The van der Waals surface area contributed by atoms with Crippen LogP contribution in [0.5, 0.6) is 0 Å². The zero-order chi connectivity index (χ0) is 16.8. The second kappa shape index (κ2) is 8.43. The van der Waals surface area contributed by atoms with Gasteiger partial charge in [-0.2, -0.15) is 0 Å². The average molecular weight is 366 g/mol. The van der Waals surface area contributed by atoms with E-state index in [-0.39, 0.29) is 11.7 Å². The van der Waals surface area contributed by atoms with Crippen LogP contribution in [-0.2, 0) is 16.1 Å². The molecule has 1 fully saturated rings. The van der Waals surface area contributed by atoms with E-state index in [0.717, 1.165) is 38.5 Å². The first-order chi connectivity index (χ1) is 11.7. The third kappa shape index (κ3) is 5.17. The summed E-state index contributed by atoms with van der Waals surface area (Å²) >= 11 is 2.61. The van der Waals surface area contributed by atoms with Gasteiger partial charge < -0.3 is 20.7 Å². The van der Waals surface area contributed by atoms with Crippen molar-refractivity contribution in [3.05, 3.63) is 29.8 Å². The molecule has 1 saturated heterocycles. The van der Waals surface area contributed by atoms with Crippen LogP contribution >= 0.6 is 23.1 Å². The minimum absolute atomic E-state index is 0.0691. The first kappa shape index (κ1) is 17.2. The van der Waals surface area contributed by atoms with Crippen LogP contribution in [0, 0.1) is 0 Å². The molecule has 1 aliphatic heterocycles. The molecule has 1 aromatic heterocycles. The molecule has 24 heavy (non-hydrogen) atoms. The van der Waals surface area contributed by atoms with Crippen LogP contribution in [0.2, 0.25) is 0 Å². The van der Waals surface area contributed by atoms with E-state index in [9.17, 15) is 4.79 Å². The lowest BCUT2D eigenvalue weighted by molar-refractivity contribution is -0.921. The maximum absolute atomic E-state index is 12.0. The SMILES string of the molecule is Nc1nnc(SCC(=O)Nc2ccc(C[NH+]3CCOCC3)cc2)s1. The summed E-state index contributed by atoms with van der Waals surface area (Å²) in [5.74, 6) is 0.217. The number of hydrogen-bond donors (Lipinski definition) is 3. The number of anilines is 2. The third-order valence-electron chi connectivity index (χ3n) is 3.64. The molecule has 1 aromatic carbocycles. The zero-order valence-electron chi connectivity index (χ0n) is 13.2. The monoisotopic (exact) mass is 366 g/mol. The number of nitrogens with one attached hydrogen (secondary N) is 2. The Morgan fingerprint density at radius 2 is 2.04 bits per heavy atom. The van der Waals surface area contributed by atoms with Gasteiger partial charge in [-0.25, -0.2) is 0 Å². The maximum Gasteiger partial charge on any atom is 0.234 e. The summed E-state index contributed by atoms with van der Waals surface area (Å²) in [4.78, 5) is 13.5. The summed E-state index contributed by atoms with van der Waals surface area (Å²) in [5, 5.41) is 10.9. The molecule has 2 aromatic rings. The Hall–Kier alpha value is -1.68. The van der Waals surface area contributed by atoms with Gasteiger partial charge in [0.2, 0.25) is 11.0 Å². The number of rotatable bonds is 6. The van der Waals surface area contributed by atoms with Gasteiger partial charge in [-0.1, -0.05) is 35.2 Å². The normalized spacial score (nSPS) is 15.3. The van der Waals surface area contributed by atoms with Crippen molar-refractivity contribution in [3.63, 3.8) is 0 Å². The highest BCUT2D eigenvalue weighted by atomic mass is 32.2. The molecule has 0 spiro atoms. The largest absolute Gasteiger partial charge is 0.374 e. The Kier molecular flexibility index (Phi) is 6.02. The minimum Gasteiger partial charge on any atom is -0.374 e. The quantitative estimate of drug-likeness (QED) is 0.635. The number of hydrogen-bond acceptors (Lipinski definition) is 7. The molecular formula is C15H20N5O2S2+. The van der Waals surface area contributed by atoms with E-state index in [4.69, 9.17) is 10.5 Å². The summed E-state index contributed by atoms with van der Waals surface area (Å²) in [7, 11) is 0. The molecule has 0 bridgehead atoms. The molecule has 9 heteroatoms. The van der Waals surface area contributed by atoms with Crippen molar-refractivity contribution in [1.29, 1.82) is 0 Å². The number of amides is 1. The Labute approximate surface area is 148 Å². The lowest BCUT2D eigenvalue weighted by Gasteiger charge is -2.23. The van der Waals surface area contributed by atoms with Crippen molar-refractivity contribution < 1.29 is 14.4 Å². The zero-order valence-corrected chi connectivity index (χ0v) is 14.8. The number of carbonyl (C=O) groups is 1. The molecule has 7 nitrogen and oxygen atoms in total. The van der Waals surface area contributed by atoms with E-state index in [0.29, 0.717) is 9.47 Å². The van der Waals surface area contributed by atoms with E-state index in [1.165, 1.54) is 33.6 Å². The first-order valence-electron chi connectivity index (χ1n) is 7.71. The molecule has 0 aliphatic carbocycles. The van der Waals surface area contributed by atoms with Crippen LogP contribution in [0.1, 0.15) is 5.56 Å². The van der Waals surface area contributed by atoms with Crippen LogP contribution in [0.3, 0.4) is 0 Å². The Morgan fingerprint density at radius 3 is 2.71 bits per heavy atom. The summed E-state index contributed by atoms with van der Waals surface area (Å²) < 4.78 is 6.07. The molecule has 128 valence electrons. The van der Waals surface area contributed by atoms with Crippen LogP contribution in [0.4, 0.5) is 10.8 Å². The van der Waals surface area contributed by atoms with Crippen molar-refractivity contribution >= 4 is 39.8 Å². The molecule has 2 heterocycles. The van der Waals surface area contributed by atoms with Gasteiger partial charge in [0.05, 0.1) is 19.0 Å². The second-order valence-electron chi connectivity index (χ2n) is 5.48. The number of aromatic nitrogens is 2. The van der Waals surface area contributed by atoms with Gasteiger partial charge >= 0.3 is 0 Å². The number of benzene rings is 1. The molecular weight excluding hydrogens is 346 g/mol. The molecule has 3 rings (SSSR count). The number of ether oxygens (including phenoxy) is 1. The number of nitrogens with two attached hydrogens (primary N) is 1. The van der Waals surface area contributed by atoms with Gasteiger partial charge in [-0.05, 0) is 12.1 Å². The summed E-state index contributed by atoms with van der Waals surface area (Å²) in [6.45, 7) is 4.76. The fourth-order valence-corrected chi connectivity index (χ4v) is 3.87. The van der Waals surface area contributed by atoms with E-state index >= 15 is 0 Å². The number of nitrogens with zero attached hydrogens (tertiary/aromatic N) is 2. The standard InChI is InChI=1S/C15H19N5O2S2/c16-14-18-19-15(24-14)23-10-13(21)17-12-3-1-11(2-4-12)9-20-5-7-22-8-6-20/h1-4H,5-10H2,(H2,16,18)(H,17,21)/p+1. The molecule has 1 aliphatic rings. The topological polar surface area (TPSA) is 94.6 Å². The van der Waals surface area contributed by atoms with Crippen LogP contribution in [0.25, 0.3) is 0 Å². The van der Waals surface area contributed by atoms with E-state index in [1.807, 2.05) is 12.1 Å². The molecule has 0 atom stereocenters. The van der Waals surface area contributed by atoms with Gasteiger partial charge in [-0.3, -0.25) is 4.79 Å². The highest BCUT2D eigenvalue weighted by Crippen LogP contribution is 2.23. The van der Waals surface area contributed by atoms with Gasteiger partial charge in [0.1, 0.15) is 19.6 Å². The number of quaternary nitrogens is 1. The maximum atomic E-state index is 12.0. The van der Waals surface area contributed by atoms with Crippen molar-refractivity contribution in [1.82, 2.24) is 10.2 Å². The lowest BCUT2D eigenvalue weighted by atomic mass is 10.2. The molecule has 4 N–H and O–H groups in total. The number of carbonyl (C=O) groups excluding carboxylic acids is 1. The lowest BCUT2D eigenvalue weighted by Crippen LogP contribution is -3.12. The fourth-order valence-electron chi connectivity index (χ4n) is 2.43. The second-order valence-corrected chi connectivity index (χ2v) is 7.71. The Morgan fingerprint density at radius 1 is 1.29 bits per heavy atom. The predicted octanol–water partition coefficient (Wildman–Crippen LogP) is 0.266. The van der Waals surface area contributed by atoms with Gasteiger partial charge in [0.15, 0.2) is 4.34 Å². The van der Waals surface area contributed by atoms with Crippen LogP contribution < -0.4 is 16.0 Å². The van der Waals surface area contributed by atoms with Crippen molar-refractivity contribution in [3.8, 4) is 0 Å².